The summed E-state index contributed by atoms with van der Waals surface area (Å²) >= 11 is 5.87. The molecule has 2 N–H and O–H groups in total. The molecule has 0 fully saturated rings. The molecular weight excluding hydrogens is 380 g/mol. The SMILES string of the molecule is O=C1Nc2cc(C(=O)NCc3ccco3)ccc2O/C1=C\c1ccc(Cl)cc1. The van der Waals surface area contributed by atoms with Gasteiger partial charge in [-0.2, -0.15) is 0 Å². The molecule has 1 aromatic heterocycles. The van der Waals surface area contributed by atoms with Crippen molar-refractivity contribution in [1.82, 2.24) is 5.32 Å². The van der Waals surface area contributed by atoms with E-state index in [4.69, 9.17) is 20.8 Å². The summed E-state index contributed by atoms with van der Waals surface area (Å²) in [5.41, 5.74) is 1.62. The number of carbonyl (C=O) groups is 2. The van der Waals surface area contributed by atoms with Crippen LogP contribution >= 0.6 is 11.6 Å². The maximum Gasteiger partial charge on any atom is 0.291 e. The van der Waals surface area contributed by atoms with Gasteiger partial charge in [0.25, 0.3) is 11.8 Å². The first-order valence-corrected chi connectivity index (χ1v) is 8.87. The van der Waals surface area contributed by atoms with E-state index in [2.05, 4.69) is 10.6 Å². The molecule has 4 rings (SSSR count). The van der Waals surface area contributed by atoms with E-state index in [0.29, 0.717) is 27.8 Å². The molecule has 3 aromatic rings. The van der Waals surface area contributed by atoms with E-state index in [1.54, 1.807) is 66.9 Å². The predicted molar refractivity (Wildman–Crippen MR) is 105 cm³/mol. The summed E-state index contributed by atoms with van der Waals surface area (Å²) in [6.07, 6.45) is 3.17. The van der Waals surface area contributed by atoms with Crippen molar-refractivity contribution in [1.29, 1.82) is 0 Å². The molecular formula is C21H15ClN2O4. The largest absolute Gasteiger partial charge is 0.467 e. The van der Waals surface area contributed by atoms with Gasteiger partial charge in [-0.3, -0.25) is 9.59 Å². The number of carbonyl (C=O) groups excluding carboxylic acids is 2. The summed E-state index contributed by atoms with van der Waals surface area (Å²) in [6, 6.07) is 15.4. The highest BCUT2D eigenvalue weighted by atomic mass is 35.5. The Kier molecular flexibility index (Phi) is 4.87. The molecule has 0 spiro atoms. The van der Waals surface area contributed by atoms with E-state index < -0.39 is 5.91 Å². The molecule has 0 saturated heterocycles. The van der Waals surface area contributed by atoms with E-state index in [1.807, 2.05) is 0 Å². The number of amides is 2. The second-order valence-corrected chi connectivity index (χ2v) is 6.53. The molecule has 1 aliphatic heterocycles. The summed E-state index contributed by atoms with van der Waals surface area (Å²) in [7, 11) is 0. The minimum atomic E-state index is -0.393. The number of anilines is 1. The number of halogens is 1. The molecule has 0 saturated carbocycles. The van der Waals surface area contributed by atoms with E-state index in [-0.39, 0.29) is 18.2 Å². The van der Waals surface area contributed by atoms with Gasteiger partial charge < -0.3 is 19.8 Å². The summed E-state index contributed by atoms with van der Waals surface area (Å²) in [4.78, 5) is 24.7. The minimum absolute atomic E-state index is 0.157. The average molecular weight is 395 g/mol. The first kappa shape index (κ1) is 17.9. The Hall–Kier alpha value is -3.51. The van der Waals surface area contributed by atoms with Crippen LogP contribution in [0.5, 0.6) is 5.75 Å². The van der Waals surface area contributed by atoms with Crippen molar-refractivity contribution in [2.24, 2.45) is 0 Å². The molecule has 2 heterocycles. The van der Waals surface area contributed by atoms with E-state index in [1.165, 1.54) is 0 Å². The van der Waals surface area contributed by atoms with Gasteiger partial charge in [0.15, 0.2) is 11.5 Å². The van der Waals surface area contributed by atoms with Crippen LogP contribution in [0, 0.1) is 0 Å². The van der Waals surface area contributed by atoms with Crippen LogP contribution in [-0.2, 0) is 11.3 Å². The third kappa shape index (κ3) is 3.92. The molecule has 0 aliphatic carbocycles. The van der Waals surface area contributed by atoms with Crippen LogP contribution in [-0.4, -0.2) is 11.8 Å². The van der Waals surface area contributed by atoms with Crippen molar-refractivity contribution in [3.05, 3.63) is 88.5 Å². The summed E-state index contributed by atoms with van der Waals surface area (Å²) in [5.74, 6) is 0.596. The highest BCUT2D eigenvalue weighted by Crippen LogP contribution is 2.32. The van der Waals surface area contributed by atoms with Gasteiger partial charge in [-0.05, 0) is 54.1 Å². The highest BCUT2D eigenvalue weighted by molar-refractivity contribution is 6.30. The lowest BCUT2D eigenvalue weighted by atomic mass is 10.1. The zero-order valence-electron chi connectivity index (χ0n) is 14.6. The molecule has 2 aromatic carbocycles. The third-order valence-corrected chi connectivity index (χ3v) is 4.36. The average Bonchev–Trinajstić information content (AvgIpc) is 3.21. The molecule has 0 atom stereocenters. The van der Waals surface area contributed by atoms with Crippen molar-refractivity contribution in [2.75, 3.05) is 5.32 Å². The fraction of sp³-hybridized carbons (Fsp3) is 0.0476. The first-order valence-electron chi connectivity index (χ1n) is 8.49. The minimum Gasteiger partial charge on any atom is -0.467 e. The topological polar surface area (TPSA) is 80.6 Å². The Labute approximate surface area is 165 Å². The summed E-state index contributed by atoms with van der Waals surface area (Å²) in [5, 5.41) is 6.12. The molecule has 1 aliphatic rings. The standard InChI is InChI=1S/C21H15ClN2O4/c22-15-6-3-13(4-7-15)10-19-21(26)24-17-11-14(5-8-18(17)28-19)20(25)23-12-16-2-1-9-27-16/h1-11H,12H2,(H,23,25)(H,24,26)/b19-10-. The van der Waals surface area contributed by atoms with E-state index >= 15 is 0 Å². The van der Waals surface area contributed by atoms with Crippen LogP contribution in [0.2, 0.25) is 5.02 Å². The normalized spacial score (nSPS) is 14.2. The van der Waals surface area contributed by atoms with Gasteiger partial charge >= 0.3 is 0 Å². The lowest BCUT2D eigenvalue weighted by Crippen LogP contribution is -2.25. The molecule has 6 nitrogen and oxygen atoms in total. The van der Waals surface area contributed by atoms with Crippen LogP contribution in [0.3, 0.4) is 0 Å². The van der Waals surface area contributed by atoms with Gasteiger partial charge in [0.1, 0.15) is 5.76 Å². The monoisotopic (exact) mass is 394 g/mol. The Morgan fingerprint density at radius 1 is 1.14 bits per heavy atom. The quantitative estimate of drug-likeness (QED) is 0.649. The first-order chi connectivity index (χ1) is 13.6. The molecule has 0 radical (unpaired) electrons. The molecule has 0 bridgehead atoms. The van der Waals surface area contributed by atoms with Crippen LogP contribution in [0.25, 0.3) is 6.08 Å². The van der Waals surface area contributed by atoms with Gasteiger partial charge in [-0.25, -0.2) is 0 Å². The predicted octanol–water partition coefficient (Wildman–Crippen LogP) is 4.24. The molecule has 7 heteroatoms. The van der Waals surface area contributed by atoms with Gasteiger partial charge in [-0.15, -0.1) is 0 Å². The summed E-state index contributed by atoms with van der Waals surface area (Å²) in [6.45, 7) is 0.278. The number of furan rings is 1. The van der Waals surface area contributed by atoms with Crippen LogP contribution < -0.4 is 15.4 Å². The van der Waals surface area contributed by atoms with Gasteiger partial charge in [0, 0.05) is 10.6 Å². The third-order valence-electron chi connectivity index (χ3n) is 4.10. The second-order valence-electron chi connectivity index (χ2n) is 6.09. The van der Waals surface area contributed by atoms with Crippen LogP contribution in [0.4, 0.5) is 5.69 Å². The molecule has 2 amide bonds. The second kappa shape index (κ2) is 7.62. The van der Waals surface area contributed by atoms with Crippen molar-refractivity contribution in [2.45, 2.75) is 6.54 Å². The van der Waals surface area contributed by atoms with E-state index in [9.17, 15) is 9.59 Å². The van der Waals surface area contributed by atoms with E-state index in [0.717, 1.165) is 5.56 Å². The fourth-order valence-electron chi connectivity index (χ4n) is 2.69. The van der Waals surface area contributed by atoms with Gasteiger partial charge in [0.05, 0.1) is 18.5 Å². The Balaban J connectivity index is 1.50. The summed E-state index contributed by atoms with van der Waals surface area (Å²) < 4.78 is 10.9. The van der Waals surface area contributed by atoms with Crippen molar-refractivity contribution >= 4 is 35.2 Å². The van der Waals surface area contributed by atoms with Crippen molar-refractivity contribution in [3.63, 3.8) is 0 Å². The number of nitrogens with one attached hydrogen (secondary N) is 2. The number of benzene rings is 2. The smallest absolute Gasteiger partial charge is 0.291 e. The number of fused-ring (bicyclic) bond motifs is 1. The van der Waals surface area contributed by atoms with Crippen LogP contribution in [0.15, 0.2) is 71.0 Å². The maximum atomic E-state index is 12.3. The van der Waals surface area contributed by atoms with Crippen molar-refractivity contribution < 1.29 is 18.7 Å². The number of hydrogen-bond acceptors (Lipinski definition) is 4. The van der Waals surface area contributed by atoms with Gasteiger partial charge in [0.2, 0.25) is 0 Å². The zero-order valence-corrected chi connectivity index (χ0v) is 15.3. The van der Waals surface area contributed by atoms with Gasteiger partial charge in [-0.1, -0.05) is 23.7 Å². The molecule has 28 heavy (non-hydrogen) atoms. The number of ether oxygens (including phenoxy) is 1. The Bertz CT molecular complexity index is 1060. The fourth-order valence-corrected chi connectivity index (χ4v) is 2.82. The lowest BCUT2D eigenvalue weighted by Gasteiger charge is -2.20. The zero-order chi connectivity index (χ0) is 19.5. The number of rotatable bonds is 4. The lowest BCUT2D eigenvalue weighted by molar-refractivity contribution is -0.115. The molecule has 0 unspecified atom stereocenters. The number of hydrogen-bond donors (Lipinski definition) is 2. The van der Waals surface area contributed by atoms with Crippen molar-refractivity contribution in [3.8, 4) is 5.75 Å². The Morgan fingerprint density at radius 2 is 1.96 bits per heavy atom. The molecule has 140 valence electrons. The van der Waals surface area contributed by atoms with Crippen LogP contribution in [0.1, 0.15) is 21.7 Å². The Morgan fingerprint density at radius 3 is 2.71 bits per heavy atom. The highest BCUT2D eigenvalue weighted by Gasteiger charge is 2.23. The maximum absolute atomic E-state index is 12.3.